The zero-order valence-electron chi connectivity index (χ0n) is 38.1. The lowest BCUT2D eigenvalue weighted by atomic mass is 9.71. The van der Waals surface area contributed by atoms with E-state index in [0.717, 1.165) is 5.57 Å². The molecule has 0 amide bonds. The van der Waals surface area contributed by atoms with E-state index in [-0.39, 0.29) is 43.3 Å². The maximum atomic E-state index is 14.3. The molecule has 15 nitrogen and oxygen atoms in total. The molecule has 62 heavy (non-hydrogen) atoms. The lowest BCUT2D eigenvalue weighted by molar-refractivity contribution is -0.353. The van der Waals surface area contributed by atoms with Crippen molar-refractivity contribution in [2.45, 2.75) is 197 Å². The fraction of sp³-hybridized carbons (Fsp3) is 0.809. The van der Waals surface area contributed by atoms with Crippen molar-refractivity contribution in [1.82, 2.24) is 0 Å². The van der Waals surface area contributed by atoms with Crippen molar-refractivity contribution in [2.75, 3.05) is 20.8 Å². The summed E-state index contributed by atoms with van der Waals surface area (Å²) in [5.74, 6) is -3.24. The Hall–Kier alpha value is -2.09. The average molecular weight is 877 g/mol. The van der Waals surface area contributed by atoms with Crippen LogP contribution in [-0.4, -0.2) is 151 Å². The molecular weight excluding hydrogens is 805 g/mol. The largest absolute Gasteiger partial charge is 0.462 e. The number of rotatable bonds is 7. The van der Waals surface area contributed by atoms with Crippen molar-refractivity contribution in [3.05, 3.63) is 47.1 Å². The van der Waals surface area contributed by atoms with E-state index < -0.39 is 109 Å². The van der Waals surface area contributed by atoms with Crippen LogP contribution in [0.25, 0.3) is 0 Å². The number of fused-ring (bicyclic) bond motifs is 2. The number of ether oxygens (including phenoxy) is 10. The second kappa shape index (κ2) is 19.4. The summed E-state index contributed by atoms with van der Waals surface area (Å²) in [5.41, 5.74) is 0.0192. The molecule has 0 radical (unpaired) electrons. The summed E-state index contributed by atoms with van der Waals surface area (Å²) in [6.07, 6.45) is 2.11. The van der Waals surface area contributed by atoms with Crippen LogP contribution in [0.4, 0.5) is 0 Å². The van der Waals surface area contributed by atoms with Crippen molar-refractivity contribution < 1.29 is 72.6 Å². The summed E-state index contributed by atoms with van der Waals surface area (Å²) in [4.78, 5) is 14.3. The average Bonchev–Trinajstić information content (AvgIpc) is 3.56. The minimum atomic E-state index is -1.87. The Kier molecular flexibility index (Phi) is 15.0. The van der Waals surface area contributed by atoms with Gasteiger partial charge in [-0.05, 0) is 56.8 Å². The number of aliphatic hydroxyl groups is 4. The maximum Gasteiger partial charge on any atom is 0.316 e. The van der Waals surface area contributed by atoms with Crippen LogP contribution in [0.3, 0.4) is 0 Å². The first-order chi connectivity index (χ1) is 29.4. The summed E-state index contributed by atoms with van der Waals surface area (Å²) in [7, 11) is 3.20. The summed E-state index contributed by atoms with van der Waals surface area (Å²) in [5, 5.41) is 45.6. The van der Waals surface area contributed by atoms with E-state index in [2.05, 4.69) is 19.9 Å². The Morgan fingerprint density at radius 3 is 2.26 bits per heavy atom. The van der Waals surface area contributed by atoms with Gasteiger partial charge in [0.25, 0.3) is 0 Å². The minimum absolute atomic E-state index is 0.0105. The fourth-order valence-electron chi connectivity index (χ4n) is 10.9. The summed E-state index contributed by atoms with van der Waals surface area (Å²) < 4.78 is 63.4. The normalized spacial score (nSPS) is 50.2. The van der Waals surface area contributed by atoms with E-state index in [1.165, 1.54) is 0 Å². The van der Waals surface area contributed by atoms with Crippen LogP contribution < -0.4 is 0 Å². The molecule has 20 atom stereocenters. The third-order valence-corrected chi connectivity index (χ3v) is 14.5. The molecule has 5 fully saturated rings. The molecule has 1 unspecified atom stereocenters. The van der Waals surface area contributed by atoms with E-state index in [9.17, 15) is 25.2 Å². The first-order valence-corrected chi connectivity index (χ1v) is 22.7. The van der Waals surface area contributed by atoms with Gasteiger partial charge in [0, 0.05) is 58.2 Å². The van der Waals surface area contributed by atoms with Crippen LogP contribution >= 0.6 is 0 Å². The van der Waals surface area contributed by atoms with Crippen molar-refractivity contribution in [3.8, 4) is 0 Å². The van der Waals surface area contributed by atoms with Crippen LogP contribution in [0.15, 0.2) is 47.1 Å². The topological polar surface area (TPSA) is 190 Å². The second-order valence-corrected chi connectivity index (χ2v) is 19.3. The Balaban J connectivity index is 1.18. The Bertz CT molecular complexity index is 1700. The number of allylic oxidation sites excluding steroid dienone is 2. The fourth-order valence-corrected chi connectivity index (χ4v) is 10.9. The lowest BCUT2D eigenvalue weighted by Gasteiger charge is -2.52. The molecule has 0 aromatic carbocycles. The number of carbonyl (C=O) groups is 1. The molecule has 4 N–H and O–H groups in total. The molecule has 7 aliphatic rings. The van der Waals surface area contributed by atoms with Crippen LogP contribution in [-0.2, 0) is 52.2 Å². The number of hydrogen-bond donors (Lipinski definition) is 4. The molecule has 6 aliphatic heterocycles. The summed E-state index contributed by atoms with van der Waals surface area (Å²) >= 11 is 0. The van der Waals surface area contributed by atoms with Gasteiger partial charge in [0.15, 0.2) is 18.4 Å². The van der Waals surface area contributed by atoms with E-state index in [4.69, 9.17) is 47.4 Å². The van der Waals surface area contributed by atoms with E-state index in [0.29, 0.717) is 36.8 Å². The van der Waals surface area contributed by atoms with Gasteiger partial charge < -0.3 is 67.8 Å². The van der Waals surface area contributed by atoms with Crippen molar-refractivity contribution in [2.24, 2.45) is 23.7 Å². The van der Waals surface area contributed by atoms with E-state index in [1.54, 1.807) is 40.2 Å². The van der Waals surface area contributed by atoms with Crippen LogP contribution in [0.5, 0.6) is 0 Å². The monoisotopic (exact) mass is 876 g/mol. The number of hydrogen-bond acceptors (Lipinski definition) is 15. The minimum Gasteiger partial charge on any atom is -0.462 e. The quantitative estimate of drug-likeness (QED) is 0.210. The van der Waals surface area contributed by atoms with Gasteiger partial charge in [0.2, 0.25) is 0 Å². The standard InChI is InChI=1S/C47H72O15/c1-23(2)41-27(6)34(48)21-46(62-41)20-32-17-31(61-46)15-14-25(4)42(24(3)12-11-13-30-22-55-44-39(49)26(5)16-33(45(51)58-32)47(30,44)52)59-38-19-36(54-10)43(29(8)57-38)60-37-18-35(53-9)40(50)28(7)56-37/h11-14,16,23-24,27-29,31-44,48-50,52H,15,17-22H2,1-10H3/b12-11+,25-14+,30-13+/t24-,27-,28-,29-,31+,32-,33-,34?,35-,36-,37-,38-,39+,40-,41+,42-,43-,44+,46-,47+/m0/s1. The number of esters is 1. The molecule has 7 rings (SSSR count). The maximum absolute atomic E-state index is 14.3. The SMILES string of the molecule is CO[C@H]1C[C@H](O[C@H]2[C@H](C)O[C@@H](O[C@@H]3/C(C)=C/C[C@@H]4C[C@@H](C[C@]5(CC(O)[C@H](C)[C@@H](C(C)C)O5)O4)OC(=O)[C@@H]4C=C(C)[C@@H](O)[C@H]5OC/C(=C\C=C\[C@@H]3C)[C@]54O)C[C@@H]2OC)O[C@@H](C)[C@@H]1O. The number of aliphatic hydroxyl groups excluding tert-OH is 3. The Labute approximate surface area is 366 Å². The van der Waals surface area contributed by atoms with Crippen LogP contribution in [0, 0.1) is 23.7 Å². The molecule has 1 aliphatic carbocycles. The van der Waals surface area contributed by atoms with Gasteiger partial charge in [-0.15, -0.1) is 0 Å². The molecule has 6 heterocycles. The second-order valence-electron chi connectivity index (χ2n) is 19.3. The smallest absolute Gasteiger partial charge is 0.316 e. The third-order valence-electron chi connectivity index (χ3n) is 14.5. The first-order valence-electron chi connectivity index (χ1n) is 22.7. The number of methoxy groups -OCH3 is 2. The van der Waals surface area contributed by atoms with Gasteiger partial charge in [0.1, 0.15) is 42.0 Å². The van der Waals surface area contributed by atoms with Crippen molar-refractivity contribution >= 4 is 5.97 Å². The van der Waals surface area contributed by atoms with Gasteiger partial charge in [-0.25, -0.2) is 0 Å². The molecule has 0 aromatic heterocycles. The predicted octanol–water partition coefficient (Wildman–Crippen LogP) is 4.18. The zero-order valence-corrected chi connectivity index (χ0v) is 38.1. The first kappa shape index (κ1) is 47.9. The molecule has 0 saturated carbocycles. The van der Waals surface area contributed by atoms with Crippen molar-refractivity contribution in [1.29, 1.82) is 0 Å². The molecule has 15 heteroatoms. The zero-order chi connectivity index (χ0) is 44.8. The predicted molar refractivity (Wildman–Crippen MR) is 224 cm³/mol. The van der Waals surface area contributed by atoms with Gasteiger partial charge >= 0.3 is 5.97 Å². The highest BCUT2D eigenvalue weighted by atomic mass is 16.7. The van der Waals surface area contributed by atoms with Crippen molar-refractivity contribution in [3.63, 3.8) is 0 Å². The van der Waals surface area contributed by atoms with Crippen LogP contribution in [0.2, 0.25) is 0 Å². The highest BCUT2D eigenvalue weighted by molar-refractivity contribution is 5.78. The molecule has 0 aromatic rings. The lowest BCUT2D eigenvalue weighted by Crippen LogP contribution is -2.60. The molecule has 350 valence electrons. The van der Waals surface area contributed by atoms with Gasteiger partial charge in [-0.3, -0.25) is 4.79 Å². The number of carbonyl (C=O) groups excluding carboxylic acids is 1. The molecule has 2 bridgehead atoms. The molecular formula is C47H72O15. The van der Waals surface area contributed by atoms with Crippen LogP contribution in [0.1, 0.15) is 93.9 Å². The molecule has 5 saturated heterocycles. The van der Waals surface area contributed by atoms with E-state index in [1.807, 2.05) is 39.8 Å². The van der Waals surface area contributed by atoms with Gasteiger partial charge in [-0.2, -0.15) is 0 Å². The Morgan fingerprint density at radius 1 is 0.855 bits per heavy atom. The summed E-state index contributed by atoms with van der Waals surface area (Å²) in [6, 6.07) is 0. The third kappa shape index (κ3) is 9.58. The molecule has 1 spiro atoms. The van der Waals surface area contributed by atoms with Gasteiger partial charge in [-0.1, -0.05) is 58.1 Å². The highest BCUT2D eigenvalue weighted by Gasteiger charge is 2.60. The highest BCUT2D eigenvalue weighted by Crippen LogP contribution is 2.48. The summed E-state index contributed by atoms with van der Waals surface area (Å²) in [6.45, 7) is 15.6. The van der Waals surface area contributed by atoms with Gasteiger partial charge in [0.05, 0.1) is 55.4 Å². The Morgan fingerprint density at radius 2 is 1.55 bits per heavy atom. The van der Waals surface area contributed by atoms with E-state index >= 15 is 0 Å².